The lowest BCUT2D eigenvalue weighted by atomic mass is 10.1. The van der Waals surface area contributed by atoms with Crippen LogP contribution in [-0.2, 0) is 6.42 Å². The maximum atomic E-state index is 11.6. The number of halogens is 2. The van der Waals surface area contributed by atoms with Crippen LogP contribution in [0.15, 0.2) is 40.2 Å². The predicted octanol–water partition coefficient (Wildman–Crippen LogP) is 5.28. The Hall–Kier alpha value is -1.63. The Morgan fingerprint density at radius 2 is 2.09 bits per heavy atom. The van der Waals surface area contributed by atoms with E-state index in [0.29, 0.717) is 11.4 Å². The Bertz CT molecular complexity index is 871. The molecule has 0 saturated carbocycles. The summed E-state index contributed by atoms with van der Waals surface area (Å²) in [6, 6.07) is 9.15. The molecule has 0 atom stereocenters. The van der Waals surface area contributed by atoms with Gasteiger partial charge in [0.25, 0.3) is 0 Å². The average Bonchev–Trinajstić information content (AvgIpc) is 3.11. The van der Waals surface area contributed by atoms with Gasteiger partial charge in [-0.05, 0) is 52.7 Å². The number of aromatic carboxylic acids is 1. The standard InChI is InChI=1S/C16H12BrClN2O2S/c1-2-12-14(16(21)22)19-20(11-5-3-10(18)4-6-11)15(12)13-7-9(17)8-23-13/h3-8H,2H2,1H3,(H,21,22). The van der Waals surface area contributed by atoms with E-state index >= 15 is 0 Å². The van der Waals surface area contributed by atoms with Gasteiger partial charge in [0.1, 0.15) is 0 Å². The molecule has 0 unspecified atom stereocenters. The van der Waals surface area contributed by atoms with Gasteiger partial charge in [-0.2, -0.15) is 5.10 Å². The van der Waals surface area contributed by atoms with Crippen molar-refractivity contribution in [2.75, 3.05) is 0 Å². The molecular weight excluding hydrogens is 400 g/mol. The number of thiophene rings is 1. The second-order valence-corrected chi connectivity index (χ2v) is 7.12. The summed E-state index contributed by atoms with van der Waals surface area (Å²) >= 11 is 10.9. The van der Waals surface area contributed by atoms with Crippen molar-refractivity contribution < 1.29 is 9.90 Å². The second-order valence-electron chi connectivity index (χ2n) is 4.85. The number of aromatic nitrogens is 2. The van der Waals surface area contributed by atoms with E-state index in [1.54, 1.807) is 28.2 Å². The van der Waals surface area contributed by atoms with E-state index in [-0.39, 0.29) is 5.69 Å². The molecule has 7 heteroatoms. The minimum Gasteiger partial charge on any atom is -0.476 e. The summed E-state index contributed by atoms with van der Waals surface area (Å²) in [5.41, 5.74) is 2.39. The van der Waals surface area contributed by atoms with Crippen molar-refractivity contribution in [3.8, 4) is 16.3 Å². The van der Waals surface area contributed by atoms with Crippen LogP contribution in [0.1, 0.15) is 23.0 Å². The van der Waals surface area contributed by atoms with Crippen LogP contribution in [-0.4, -0.2) is 20.9 Å². The van der Waals surface area contributed by atoms with Gasteiger partial charge in [-0.3, -0.25) is 0 Å². The van der Waals surface area contributed by atoms with Crippen molar-refractivity contribution >= 4 is 44.8 Å². The molecule has 0 fully saturated rings. The molecule has 0 amide bonds. The van der Waals surface area contributed by atoms with E-state index in [4.69, 9.17) is 11.6 Å². The van der Waals surface area contributed by atoms with Crippen molar-refractivity contribution in [1.29, 1.82) is 0 Å². The lowest BCUT2D eigenvalue weighted by Gasteiger charge is -2.07. The Morgan fingerprint density at radius 1 is 1.39 bits per heavy atom. The monoisotopic (exact) mass is 410 g/mol. The van der Waals surface area contributed by atoms with Gasteiger partial charge in [-0.25, -0.2) is 9.48 Å². The number of rotatable bonds is 4. The third kappa shape index (κ3) is 3.06. The minimum atomic E-state index is -1.02. The van der Waals surface area contributed by atoms with Crippen LogP contribution in [0.4, 0.5) is 0 Å². The Labute approximate surface area is 150 Å². The number of carboxylic acid groups (broad SMARTS) is 1. The van der Waals surface area contributed by atoms with E-state index in [1.807, 2.05) is 30.5 Å². The molecule has 0 bridgehead atoms. The molecule has 3 rings (SSSR count). The van der Waals surface area contributed by atoms with Crippen LogP contribution in [0.5, 0.6) is 0 Å². The highest BCUT2D eigenvalue weighted by molar-refractivity contribution is 9.10. The van der Waals surface area contributed by atoms with Crippen LogP contribution < -0.4 is 0 Å². The maximum Gasteiger partial charge on any atom is 0.356 e. The first-order chi connectivity index (χ1) is 11.0. The molecule has 0 aliphatic heterocycles. The Kier molecular flexibility index (Phi) is 4.57. The van der Waals surface area contributed by atoms with Gasteiger partial charge in [-0.15, -0.1) is 11.3 Å². The molecule has 0 spiro atoms. The van der Waals surface area contributed by atoms with Crippen LogP contribution in [0.3, 0.4) is 0 Å². The molecule has 4 nitrogen and oxygen atoms in total. The van der Waals surface area contributed by atoms with Crippen molar-refractivity contribution in [3.05, 3.63) is 56.5 Å². The van der Waals surface area contributed by atoms with Gasteiger partial charge in [0, 0.05) is 20.4 Å². The van der Waals surface area contributed by atoms with E-state index in [0.717, 1.165) is 26.3 Å². The Balaban J connectivity index is 2.29. The van der Waals surface area contributed by atoms with E-state index < -0.39 is 5.97 Å². The number of benzene rings is 1. The zero-order valence-corrected chi connectivity index (χ0v) is 15.2. The zero-order valence-electron chi connectivity index (χ0n) is 12.1. The first-order valence-electron chi connectivity index (χ1n) is 6.86. The third-order valence-electron chi connectivity index (χ3n) is 3.41. The molecule has 118 valence electrons. The number of hydrogen-bond acceptors (Lipinski definition) is 3. The average molecular weight is 412 g/mol. The predicted molar refractivity (Wildman–Crippen MR) is 95.9 cm³/mol. The SMILES string of the molecule is CCc1c(C(=O)O)nn(-c2ccc(Cl)cc2)c1-c1cc(Br)cs1. The number of nitrogens with zero attached hydrogens (tertiary/aromatic N) is 2. The van der Waals surface area contributed by atoms with E-state index in [2.05, 4.69) is 21.0 Å². The van der Waals surface area contributed by atoms with Crippen molar-refractivity contribution in [1.82, 2.24) is 9.78 Å². The molecule has 0 saturated heterocycles. The van der Waals surface area contributed by atoms with Crippen LogP contribution in [0.25, 0.3) is 16.3 Å². The summed E-state index contributed by atoms with van der Waals surface area (Å²) in [7, 11) is 0. The first kappa shape index (κ1) is 16.2. The van der Waals surface area contributed by atoms with Gasteiger partial charge >= 0.3 is 5.97 Å². The third-order valence-corrected chi connectivity index (χ3v) is 5.36. The highest BCUT2D eigenvalue weighted by atomic mass is 79.9. The lowest BCUT2D eigenvalue weighted by Crippen LogP contribution is -2.02. The Morgan fingerprint density at radius 3 is 2.61 bits per heavy atom. The molecule has 0 radical (unpaired) electrons. The molecule has 2 heterocycles. The van der Waals surface area contributed by atoms with Crippen molar-refractivity contribution in [2.45, 2.75) is 13.3 Å². The van der Waals surface area contributed by atoms with Gasteiger partial charge < -0.3 is 5.11 Å². The largest absolute Gasteiger partial charge is 0.476 e. The molecule has 3 aromatic rings. The van der Waals surface area contributed by atoms with Crippen LogP contribution >= 0.6 is 38.9 Å². The van der Waals surface area contributed by atoms with E-state index in [9.17, 15) is 9.90 Å². The number of carboxylic acids is 1. The number of hydrogen-bond donors (Lipinski definition) is 1. The fourth-order valence-electron chi connectivity index (χ4n) is 2.42. The summed E-state index contributed by atoms with van der Waals surface area (Å²) in [5.74, 6) is -1.02. The molecule has 0 aliphatic carbocycles. The summed E-state index contributed by atoms with van der Waals surface area (Å²) in [6.07, 6.45) is 0.583. The maximum absolute atomic E-state index is 11.6. The molecular formula is C16H12BrClN2O2S. The van der Waals surface area contributed by atoms with Crippen molar-refractivity contribution in [3.63, 3.8) is 0 Å². The molecule has 2 aromatic heterocycles. The topological polar surface area (TPSA) is 55.1 Å². The second kappa shape index (κ2) is 6.47. The van der Waals surface area contributed by atoms with Gasteiger partial charge in [0.2, 0.25) is 0 Å². The molecule has 0 aliphatic rings. The fourth-order valence-corrected chi connectivity index (χ4v) is 4.03. The van der Waals surface area contributed by atoms with E-state index in [1.165, 1.54) is 0 Å². The summed E-state index contributed by atoms with van der Waals surface area (Å²) in [6.45, 7) is 1.93. The van der Waals surface area contributed by atoms with Gasteiger partial charge in [0.05, 0.1) is 16.3 Å². The zero-order chi connectivity index (χ0) is 16.6. The quantitative estimate of drug-likeness (QED) is 0.635. The normalized spacial score (nSPS) is 10.9. The fraction of sp³-hybridized carbons (Fsp3) is 0.125. The molecule has 1 N–H and O–H groups in total. The minimum absolute atomic E-state index is 0.0852. The van der Waals surface area contributed by atoms with Crippen molar-refractivity contribution in [2.24, 2.45) is 0 Å². The highest BCUT2D eigenvalue weighted by Crippen LogP contribution is 2.35. The highest BCUT2D eigenvalue weighted by Gasteiger charge is 2.24. The summed E-state index contributed by atoms with van der Waals surface area (Å²) in [5, 5.41) is 16.4. The first-order valence-corrected chi connectivity index (χ1v) is 8.92. The molecule has 1 aromatic carbocycles. The van der Waals surface area contributed by atoms with Crippen LogP contribution in [0.2, 0.25) is 5.02 Å². The smallest absolute Gasteiger partial charge is 0.356 e. The van der Waals surface area contributed by atoms with Crippen LogP contribution in [0, 0.1) is 0 Å². The lowest BCUT2D eigenvalue weighted by molar-refractivity contribution is 0.0689. The number of carbonyl (C=O) groups is 1. The van der Waals surface area contributed by atoms with Gasteiger partial charge in [0.15, 0.2) is 5.69 Å². The summed E-state index contributed by atoms with van der Waals surface area (Å²) in [4.78, 5) is 12.5. The molecule has 23 heavy (non-hydrogen) atoms. The summed E-state index contributed by atoms with van der Waals surface area (Å²) < 4.78 is 2.64. The van der Waals surface area contributed by atoms with Gasteiger partial charge in [-0.1, -0.05) is 18.5 Å².